The molecule has 1 aromatic heterocycles. The first kappa shape index (κ1) is 21.8. The Labute approximate surface area is 187 Å². The van der Waals surface area contributed by atoms with Gasteiger partial charge < -0.3 is 9.72 Å². The van der Waals surface area contributed by atoms with E-state index in [1.165, 1.54) is 12.2 Å². The van der Waals surface area contributed by atoms with E-state index in [4.69, 9.17) is 27.9 Å². The van der Waals surface area contributed by atoms with Crippen LogP contribution in [0.4, 0.5) is 5.69 Å². The van der Waals surface area contributed by atoms with Crippen LogP contribution in [0.2, 0.25) is 10.0 Å². The van der Waals surface area contributed by atoms with Gasteiger partial charge in [-0.3, -0.25) is 19.9 Å². The van der Waals surface area contributed by atoms with Crippen LogP contribution in [0, 0.1) is 10.1 Å². The predicted molar refractivity (Wildman–Crippen MR) is 118 cm³/mol. The highest BCUT2D eigenvalue weighted by molar-refractivity contribution is 9.10. The molecule has 0 unspecified atom stereocenters. The molecule has 3 rings (SSSR count). The number of halogens is 3. The normalized spacial score (nSPS) is 11.0. The molecule has 3 aromatic rings. The smallest absolute Gasteiger partial charge is 0.357 e. The molecule has 0 bridgehead atoms. The molecule has 2 N–H and O–H groups in total. The molecule has 0 radical (unpaired) electrons. The molecule has 154 valence electrons. The van der Waals surface area contributed by atoms with Gasteiger partial charge in [0, 0.05) is 15.6 Å². The van der Waals surface area contributed by atoms with Crippen LogP contribution in [0.5, 0.6) is 5.75 Å². The molecule has 0 fully saturated rings. The lowest BCUT2D eigenvalue weighted by Crippen LogP contribution is -2.25. The lowest BCUT2D eigenvalue weighted by atomic mass is 10.2. The van der Waals surface area contributed by atoms with Crippen molar-refractivity contribution in [2.45, 2.75) is 6.61 Å². The van der Waals surface area contributed by atoms with E-state index < -0.39 is 21.9 Å². The standard InChI is InChI=1S/C19H12BrCl2N3O5/c20-13-7-10(1-5-15-17(25(28)29)18(26)24-19(27)23-15)2-6-16(13)30-9-11-3-4-12(21)8-14(11)22/h1-8H,9H2,(H2,23,24,26,27)/b5-1-. The number of nitro groups is 1. The summed E-state index contributed by atoms with van der Waals surface area (Å²) in [5.74, 6) is 0.550. The van der Waals surface area contributed by atoms with E-state index in [1.54, 1.807) is 36.4 Å². The topological polar surface area (TPSA) is 118 Å². The summed E-state index contributed by atoms with van der Waals surface area (Å²) in [6.45, 7) is 0.226. The Balaban J connectivity index is 1.80. The third-order valence-electron chi connectivity index (χ3n) is 3.92. The average Bonchev–Trinajstić information content (AvgIpc) is 2.66. The van der Waals surface area contributed by atoms with Crippen molar-refractivity contribution in [3.05, 3.63) is 98.7 Å². The van der Waals surface area contributed by atoms with E-state index in [0.29, 0.717) is 25.8 Å². The minimum atomic E-state index is -1.07. The molecule has 0 saturated carbocycles. The van der Waals surface area contributed by atoms with E-state index in [2.05, 4.69) is 20.9 Å². The maximum absolute atomic E-state index is 11.7. The first-order valence-corrected chi connectivity index (χ1v) is 9.85. The highest BCUT2D eigenvalue weighted by atomic mass is 79.9. The summed E-state index contributed by atoms with van der Waals surface area (Å²) in [6.07, 6.45) is 2.80. The number of benzene rings is 2. The van der Waals surface area contributed by atoms with Gasteiger partial charge in [0.1, 0.15) is 18.1 Å². The molecule has 2 aromatic carbocycles. The Morgan fingerprint density at radius 2 is 1.87 bits per heavy atom. The van der Waals surface area contributed by atoms with Crippen molar-refractivity contribution in [2.75, 3.05) is 0 Å². The number of hydrogen-bond acceptors (Lipinski definition) is 5. The quantitative estimate of drug-likeness (QED) is 0.363. The zero-order valence-corrected chi connectivity index (χ0v) is 18.0. The van der Waals surface area contributed by atoms with Crippen LogP contribution in [0.3, 0.4) is 0 Å². The number of aromatic nitrogens is 2. The number of nitrogens with zero attached hydrogens (tertiary/aromatic N) is 1. The predicted octanol–water partition coefficient (Wildman–Crippen LogP) is 4.79. The summed E-state index contributed by atoms with van der Waals surface area (Å²) >= 11 is 15.4. The number of hydrogen-bond donors (Lipinski definition) is 2. The van der Waals surface area contributed by atoms with Crippen molar-refractivity contribution in [3.8, 4) is 5.75 Å². The SMILES string of the molecule is O=c1[nH]c(/C=C\c2ccc(OCc3ccc(Cl)cc3Cl)c(Br)c2)c([N+](=O)[O-])c(=O)[nH]1. The Hall–Kier alpha value is -2.88. The molecule has 0 spiro atoms. The molecule has 30 heavy (non-hydrogen) atoms. The van der Waals surface area contributed by atoms with E-state index in [-0.39, 0.29) is 12.3 Å². The van der Waals surface area contributed by atoms with Gasteiger partial charge in [-0.15, -0.1) is 0 Å². The van der Waals surface area contributed by atoms with E-state index in [9.17, 15) is 19.7 Å². The summed E-state index contributed by atoms with van der Waals surface area (Å²) < 4.78 is 6.39. The molecule has 0 aliphatic rings. The van der Waals surface area contributed by atoms with E-state index in [0.717, 1.165) is 5.56 Å². The number of H-pyrrole nitrogens is 2. The van der Waals surface area contributed by atoms with Gasteiger partial charge in [-0.1, -0.05) is 41.4 Å². The summed E-state index contributed by atoms with van der Waals surface area (Å²) in [4.78, 5) is 37.4. The monoisotopic (exact) mass is 511 g/mol. The van der Waals surface area contributed by atoms with Crippen molar-refractivity contribution in [2.24, 2.45) is 0 Å². The molecule has 1 heterocycles. The second-order valence-corrected chi connectivity index (χ2v) is 7.67. The van der Waals surface area contributed by atoms with Crippen LogP contribution in [-0.4, -0.2) is 14.9 Å². The largest absolute Gasteiger partial charge is 0.488 e. The zero-order chi connectivity index (χ0) is 21.8. The van der Waals surface area contributed by atoms with Crippen molar-refractivity contribution in [1.82, 2.24) is 9.97 Å². The van der Waals surface area contributed by atoms with Gasteiger partial charge in [0.25, 0.3) is 0 Å². The third-order valence-corrected chi connectivity index (χ3v) is 5.13. The highest BCUT2D eigenvalue weighted by Crippen LogP contribution is 2.29. The van der Waals surface area contributed by atoms with Gasteiger partial charge in [-0.25, -0.2) is 4.79 Å². The second-order valence-electron chi connectivity index (χ2n) is 5.98. The summed E-state index contributed by atoms with van der Waals surface area (Å²) in [5, 5.41) is 12.1. The molecule has 11 heteroatoms. The fourth-order valence-corrected chi connectivity index (χ4v) is 3.48. The Morgan fingerprint density at radius 3 is 2.53 bits per heavy atom. The van der Waals surface area contributed by atoms with Crippen LogP contribution in [-0.2, 0) is 6.61 Å². The lowest BCUT2D eigenvalue weighted by Gasteiger charge is -2.10. The maximum Gasteiger partial charge on any atom is 0.357 e. The number of aromatic amines is 2. The van der Waals surface area contributed by atoms with Crippen molar-refractivity contribution < 1.29 is 9.66 Å². The van der Waals surface area contributed by atoms with Crippen molar-refractivity contribution in [1.29, 1.82) is 0 Å². The van der Waals surface area contributed by atoms with Crippen LogP contribution in [0.1, 0.15) is 16.8 Å². The minimum absolute atomic E-state index is 0.206. The van der Waals surface area contributed by atoms with Crippen molar-refractivity contribution >= 4 is 57.0 Å². The minimum Gasteiger partial charge on any atom is -0.488 e. The molecule has 0 amide bonds. The molecular weight excluding hydrogens is 501 g/mol. The second kappa shape index (κ2) is 9.29. The van der Waals surface area contributed by atoms with E-state index >= 15 is 0 Å². The molecular formula is C19H12BrCl2N3O5. The van der Waals surface area contributed by atoms with Gasteiger partial charge in [0.2, 0.25) is 0 Å². The Morgan fingerprint density at radius 1 is 1.10 bits per heavy atom. The van der Waals surface area contributed by atoms with Crippen LogP contribution >= 0.6 is 39.1 Å². The van der Waals surface area contributed by atoms with Gasteiger partial charge in [0.15, 0.2) is 0 Å². The maximum atomic E-state index is 11.7. The molecule has 0 atom stereocenters. The number of ether oxygens (including phenoxy) is 1. The zero-order valence-electron chi connectivity index (χ0n) is 14.9. The van der Waals surface area contributed by atoms with Crippen LogP contribution in [0.25, 0.3) is 12.2 Å². The third kappa shape index (κ3) is 5.18. The molecule has 0 aliphatic heterocycles. The molecule has 0 saturated heterocycles. The van der Waals surface area contributed by atoms with Gasteiger partial charge in [-0.05, 0) is 51.8 Å². The fraction of sp³-hybridized carbons (Fsp3) is 0.0526. The van der Waals surface area contributed by atoms with Crippen LogP contribution < -0.4 is 16.0 Å². The molecule has 8 nitrogen and oxygen atoms in total. The van der Waals surface area contributed by atoms with E-state index in [1.807, 2.05) is 4.98 Å². The highest BCUT2D eigenvalue weighted by Gasteiger charge is 2.18. The summed E-state index contributed by atoms with van der Waals surface area (Å²) in [6, 6.07) is 10.2. The fourth-order valence-electron chi connectivity index (χ4n) is 2.51. The lowest BCUT2D eigenvalue weighted by molar-refractivity contribution is -0.386. The average molecular weight is 513 g/mol. The Bertz CT molecular complexity index is 1270. The number of rotatable bonds is 6. The first-order chi connectivity index (χ1) is 14.2. The number of nitrogens with one attached hydrogen (secondary N) is 2. The Kier molecular flexibility index (Phi) is 6.76. The summed E-state index contributed by atoms with van der Waals surface area (Å²) in [5.41, 5.74) is -1.45. The van der Waals surface area contributed by atoms with Gasteiger partial charge >= 0.3 is 16.9 Å². The van der Waals surface area contributed by atoms with Crippen molar-refractivity contribution in [3.63, 3.8) is 0 Å². The first-order valence-electron chi connectivity index (χ1n) is 8.30. The summed E-state index contributed by atoms with van der Waals surface area (Å²) in [7, 11) is 0. The van der Waals surface area contributed by atoms with Gasteiger partial charge in [-0.2, -0.15) is 0 Å². The molecule has 0 aliphatic carbocycles. The van der Waals surface area contributed by atoms with Gasteiger partial charge in [0.05, 0.1) is 9.40 Å². The van der Waals surface area contributed by atoms with Crippen LogP contribution in [0.15, 0.2) is 50.5 Å².